The van der Waals surface area contributed by atoms with Gasteiger partial charge in [0, 0.05) is 51.1 Å². The molecule has 5 rings (SSSR count). The molecule has 0 radical (unpaired) electrons. The molecule has 2 aromatic rings. The van der Waals surface area contributed by atoms with Crippen LogP contribution in [0.4, 0.5) is 0 Å². The van der Waals surface area contributed by atoms with Crippen LogP contribution in [0.2, 0.25) is 0 Å². The molecule has 6 heteroatoms. The quantitative estimate of drug-likeness (QED) is 0.753. The number of nitrogens with zero attached hydrogens (tertiary/aromatic N) is 4. The Bertz CT molecular complexity index is 941. The molecule has 2 saturated heterocycles. The number of benzene rings is 1. The van der Waals surface area contributed by atoms with Crippen LogP contribution in [0.5, 0.6) is 0 Å². The van der Waals surface area contributed by atoms with Crippen molar-refractivity contribution in [3.63, 3.8) is 0 Å². The van der Waals surface area contributed by atoms with Crippen LogP contribution in [0.1, 0.15) is 73.9 Å². The van der Waals surface area contributed by atoms with Crippen molar-refractivity contribution in [2.75, 3.05) is 20.1 Å². The molecule has 1 N–H and O–H groups in total. The van der Waals surface area contributed by atoms with Crippen LogP contribution in [-0.4, -0.2) is 57.5 Å². The van der Waals surface area contributed by atoms with Gasteiger partial charge in [0.15, 0.2) is 0 Å². The number of likely N-dealkylation sites (N-methyl/N-ethyl adjacent to an activating group) is 1. The van der Waals surface area contributed by atoms with Gasteiger partial charge < -0.3 is 14.8 Å². The Morgan fingerprint density at radius 1 is 1.16 bits per heavy atom. The number of fused-ring (bicyclic) bond motifs is 3. The second-order valence-electron chi connectivity index (χ2n) is 10.1. The highest BCUT2D eigenvalue weighted by Crippen LogP contribution is 2.42. The first kappa shape index (κ1) is 21.7. The summed E-state index contributed by atoms with van der Waals surface area (Å²) in [6.07, 6.45) is 7.08. The summed E-state index contributed by atoms with van der Waals surface area (Å²) in [5.41, 5.74) is 4.00. The molecule has 1 amide bonds. The molecule has 4 heterocycles. The maximum atomic E-state index is 11.8. The molecule has 2 bridgehead atoms. The van der Waals surface area contributed by atoms with Crippen LogP contribution in [0.25, 0.3) is 0 Å². The van der Waals surface area contributed by atoms with Gasteiger partial charge in [-0.1, -0.05) is 30.3 Å². The van der Waals surface area contributed by atoms with Gasteiger partial charge in [0.2, 0.25) is 5.91 Å². The van der Waals surface area contributed by atoms with Crippen LogP contribution in [-0.2, 0) is 17.8 Å². The minimum Gasteiger partial charge on any atom is -0.349 e. The lowest BCUT2D eigenvalue weighted by Crippen LogP contribution is -2.45. The summed E-state index contributed by atoms with van der Waals surface area (Å²) in [7, 11) is 2.22. The Morgan fingerprint density at radius 2 is 1.88 bits per heavy atom. The van der Waals surface area contributed by atoms with E-state index < -0.39 is 0 Å². The molecule has 0 aliphatic carbocycles. The Morgan fingerprint density at radius 3 is 2.56 bits per heavy atom. The van der Waals surface area contributed by atoms with E-state index in [1.54, 1.807) is 6.92 Å². The molecule has 2 fully saturated rings. The van der Waals surface area contributed by atoms with Crippen LogP contribution < -0.4 is 5.32 Å². The van der Waals surface area contributed by atoms with Crippen molar-refractivity contribution >= 4 is 5.91 Å². The second kappa shape index (κ2) is 8.99. The highest BCUT2D eigenvalue weighted by Gasteiger charge is 2.42. The van der Waals surface area contributed by atoms with Crippen molar-refractivity contribution in [3.8, 4) is 0 Å². The Hall–Kier alpha value is -2.18. The average molecular weight is 436 g/mol. The highest BCUT2D eigenvalue weighted by atomic mass is 16.1. The van der Waals surface area contributed by atoms with Crippen molar-refractivity contribution in [2.45, 2.75) is 83.1 Å². The number of aryl methyl sites for hydroxylation is 1. The largest absolute Gasteiger partial charge is 0.349 e. The maximum Gasteiger partial charge on any atom is 0.217 e. The van der Waals surface area contributed by atoms with Gasteiger partial charge in [-0.2, -0.15) is 0 Å². The van der Waals surface area contributed by atoms with E-state index in [0.717, 1.165) is 32.5 Å². The van der Waals surface area contributed by atoms with Gasteiger partial charge in [0.25, 0.3) is 0 Å². The van der Waals surface area contributed by atoms with E-state index >= 15 is 0 Å². The number of rotatable bonds is 6. The zero-order valence-electron chi connectivity index (χ0n) is 19.8. The molecule has 1 aromatic heterocycles. The fraction of sp³-hybridized carbons (Fsp3) is 0.615. The van der Waals surface area contributed by atoms with Crippen molar-refractivity contribution < 1.29 is 4.79 Å². The molecule has 172 valence electrons. The third-order valence-corrected chi connectivity index (χ3v) is 7.90. The molecule has 0 spiro atoms. The highest BCUT2D eigenvalue weighted by molar-refractivity contribution is 5.73. The summed E-state index contributed by atoms with van der Waals surface area (Å²) in [6.45, 7) is 7.01. The van der Waals surface area contributed by atoms with Gasteiger partial charge in [-0.25, -0.2) is 4.98 Å². The van der Waals surface area contributed by atoms with Crippen LogP contribution in [0, 0.1) is 6.92 Å². The zero-order chi connectivity index (χ0) is 22.2. The molecule has 3 atom stereocenters. The first-order valence-corrected chi connectivity index (χ1v) is 12.3. The van der Waals surface area contributed by atoms with E-state index in [0.29, 0.717) is 18.1 Å². The lowest BCUT2D eigenvalue weighted by atomic mass is 9.95. The van der Waals surface area contributed by atoms with Gasteiger partial charge in [0.05, 0.1) is 17.4 Å². The molecule has 0 saturated carbocycles. The van der Waals surface area contributed by atoms with Gasteiger partial charge >= 0.3 is 0 Å². The number of amides is 1. The Labute approximate surface area is 192 Å². The molecule has 2 unspecified atom stereocenters. The van der Waals surface area contributed by atoms with Gasteiger partial charge in [-0.15, -0.1) is 0 Å². The van der Waals surface area contributed by atoms with Crippen LogP contribution in [0.15, 0.2) is 30.3 Å². The third kappa shape index (κ3) is 4.23. The summed E-state index contributed by atoms with van der Waals surface area (Å²) in [5.74, 6) is 1.25. The van der Waals surface area contributed by atoms with Crippen LogP contribution >= 0.6 is 0 Å². The number of carbonyl (C=O) groups is 1. The van der Waals surface area contributed by atoms with Gasteiger partial charge in [-0.3, -0.25) is 9.69 Å². The third-order valence-electron chi connectivity index (χ3n) is 7.90. The molecule has 32 heavy (non-hydrogen) atoms. The molecule has 3 aliphatic heterocycles. The van der Waals surface area contributed by atoms with E-state index in [1.807, 2.05) is 6.07 Å². The summed E-state index contributed by atoms with van der Waals surface area (Å²) in [6, 6.07) is 12.4. The first-order chi connectivity index (χ1) is 15.5. The molecular weight excluding hydrogens is 398 g/mol. The number of hydrogen-bond acceptors (Lipinski definition) is 4. The number of carbonyl (C=O) groups excluding carboxylic acids is 1. The number of hydrogen-bond donors (Lipinski definition) is 1. The standard InChI is InChI=1S/C26H37N5O/c1-18-27-25-11-13-29(3)17-26(25)31(18)23-15-21-9-10-22(16-23)30(21)14-12-24(28-19(2)32)20-7-5-4-6-8-20/h4-8,21-24H,9-17H2,1-3H3,(H,28,32)/t21?,22?,23?,24-/m0/s1. The van der Waals surface area contributed by atoms with E-state index in [1.165, 1.54) is 48.5 Å². The molecular formula is C26H37N5O. The lowest BCUT2D eigenvalue weighted by Gasteiger charge is -2.41. The maximum absolute atomic E-state index is 11.8. The number of nitrogens with one attached hydrogen (secondary N) is 1. The van der Waals surface area contributed by atoms with E-state index in [2.05, 4.69) is 57.9 Å². The smallest absolute Gasteiger partial charge is 0.217 e. The van der Waals surface area contributed by atoms with Gasteiger partial charge in [-0.05, 0) is 51.6 Å². The van der Waals surface area contributed by atoms with Gasteiger partial charge in [0.1, 0.15) is 5.82 Å². The van der Waals surface area contributed by atoms with Crippen LogP contribution in [0.3, 0.4) is 0 Å². The van der Waals surface area contributed by atoms with E-state index in [4.69, 9.17) is 4.98 Å². The Balaban J connectivity index is 1.28. The minimum atomic E-state index is 0.0471. The van der Waals surface area contributed by atoms with Crippen molar-refractivity contribution in [1.29, 1.82) is 0 Å². The predicted molar refractivity (Wildman–Crippen MR) is 126 cm³/mol. The normalized spacial score (nSPS) is 26.7. The SMILES string of the molecule is CC(=O)N[C@@H](CCN1C2CCC1CC(n1c(C)nc3c1CN(C)CC3)C2)c1ccccc1. The summed E-state index contributed by atoms with van der Waals surface area (Å²) in [4.78, 5) is 22.0. The zero-order valence-corrected chi connectivity index (χ0v) is 19.8. The summed E-state index contributed by atoms with van der Waals surface area (Å²) in [5, 5.41) is 3.18. The molecule has 6 nitrogen and oxygen atoms in total. The fourth-order valence-corrected chi connectivity index (χ4v) is 6.48. The number of aromatic nitrogens is 2. The van der Waals surface area contributed by atoms with E-state index in [9.17, 15) is 4.79 Å². The van der Waals surface area contributed by atoms with Crippen molar-refractivity contribution in [3.05, 3.63) is 53.1 Å². The predicted octanol–water partition coefficient (Wildman–Crippen LogP) is 3.61. The second-order valence-corrected chi connectivity index (χ2v) is 10.1. The first-order valence-electron chi connectivity index (χ1n) is 12.3. The van der Waals surface area contributed by atoms with E-state index in [-0.39, 0.29) is 11.9 Å². The Kier molecular flexibility index (Phi) is 6.08. The minimum absolute atomic E-state index is 0.0471. The molecule has 1 aromatic carbocycles. The molecule has 3 aliphatic rings. The van der Waals surface area contributed by atoms with Crippen molar-refractivity contribution in [2.24, 2.45) is 0 Å². The fourth-order valence-electron chi connectivity index (χ4n) is 6.48. The summed E-state index contributed by atoms with van der Waals surface area (Å²) >= 11 is 0. The lowest BCUT2D eigenvalue weighted by molar-refractivity contribution is -0.119. The number of piperidine rings is 1. The average Bonchev–Trinajstić information content (AvgIpc) is 3.22. The number of imidazole rings is 1. The van der Waals surface area contributed by atoms with Crippen molar-refractivity contribution in [1.82, 2.24) is 24.7 Å². The summed E-state index contributed by atoms with van der Waals surface area (Å²) < 4.78 is 2.59. The monoisotopic (exact) mass is 435 g/mol. The topological polar surface area (TPSA) is 53.4 Å².